The summed E-state index contributed by atoms with van der Waals surface area (Å²) in [6, 6.07) is 0.374. The molecule has 1 aromatic heterocycles. The van der Waals surface area contributed by atoms with E-state index in [-0.39, 0.29) is 5.91 Å². The van der Waals surface area contributed by atoms with E-state index in [4.69, 9.17) is 4.42 Å². The van der Waals surface area contributed by atoms with Crippen LogP contribution in [0.5, 0.6) is 0 Å². The first-order valence-electron chi connectivity index (χ1n) is 6.86. The van der Waals surface area contributed by atoms with Crippen molar-refractivity contribution in [2.24, 2.45) is 5.92 Å². The summed E-state index contributed by atoms with van der Waals surface area (Å²) in [6.45, 7) is 2.40. The summed E-state index contributed by atoms with van der Waals surface area (Å²) in [5.74, 6) is 0.781. The molecule has 98 valence electrons. The molecule has 0 bridgehead atoms. The van der Waals surface area contributed by atoms with E-state index in [1.807, 2.05) is 4.90 Å². The zero-order valence-electron chi connectivity index (χ0n) is 10.8. The lowest BCUT2D eigenvalue weighted by Crippen LogP contribution is -2.47. The predicted octanol–water partition coefficient (Wildman–Crippen LogP) is 3.01. The molecule has 2 heterocycles. The van der Waals surface area contributed by atoms with Gasteiger partial charge >= 0.3 is 0 Å². The van der Waals surface area contributed by atoms with E-state index in [1.165, 1.54) is 32.1 Å². The summed E-state index contributed by atoms with van der Waals surface area (Å²) in [6.07, 6.45) is 9.91. The van der Waals surface area contributed by atoms with Gasteiger partial charge in [-0.1, -0.05) is 19.3 Å². The van der Waals surface area contributed by atoms with Gasteiger partial charge in [0.15, 0.2) is 0 Å². The molecule has 0 saturated heterocycles. The molecular weight excluding hydrogens is 228 g/mol. The SMILES string of the molecule is CC(=O)N1CC(C2CCCCC2)Nc2cocc21. The average molecular weight is 248 g/mol. The number of rotatable bonds is 1. The summed E-state index contributed by atoms with van der Waals surface area (Å²) in [5.41, 5.74) is 1.85. The molecule has 1 unspecified atom stereocenters. The Bertz CT molecular complexity index is 435. The van der Waals surface area contributed by atoms with Crippen molar-refractivity contribution in [1.82, 2.24) is 0 Å². The molecule has 1 amide bonds. The minimum Gasteiger partial charge on any atom is -0.468 e. The van der Waals surface area contributed by atoms with Crippen LogP contribution >= 0.6 is 0 Å². The van der Waals surface area contributed by atoms with Crippen molar-refractivity contribution in [3.05, 3.63) is 12.5 Å². The minimum atomic E-state index is 0.0972. The van der Waals surface area contributed by atoms with Crippen LogP contribution in [0.15, 0.2) is 16.9 Å². The molecule has 0 aromatic carbocycles. The van der Waals surface area contributed by atoms with Crippen LogP contribution in [0.3, 0.4) is 0 Å². The van der Waals surface area contributed by atoms with Crippen molar-refractivity contribution < 1.29 is 9.21 Å². The Kier molecular flexibility index (Phi) is 3.02. The number of carbonyl (C=O) groups is 1. The second-order valence-corrected chi connectivity index (χ2v) is 5.45. The third-order valence-electron chi connectivity index (χ3n) is 4.25. The van der Waals surface area contributed by atoms with Crippen LogP contribution in [0.4, 0.5) is 11.4 Å². The number of anilines is 2. The van der Waals surface area contributed by atoms with Gasteiger partial charge in [0.05, 0.1) is 5.69 Å². The van der Waals surface area contributed by atoms with Crippen LogP contribution in [0.1, 0.15) is 39.0 Å². The Hall–Kier alpha value is -1.45. The molecule has 1 N–H and O–H groups in total. The van der Waals surface area contributed by atoms with Gasteiger partial charge in [0.2, 0.25) is 5.91 Å². The highest BCUT2D eigenvalue weighted by molar-refractivity contribution is 5.96. The van der Waals surface area contributed by atoms with Gasteiger partial charge in [-0.2, -0.15) is 0 Å². The van der Waals surface area contributed by atoms with Gasteiger partial charge in [0, 0.05) is 19.5 Å². The van der Waals surface area contributed by atoms with Gasteiger partial charge in [-0.25, -0.2) is 0 Å². The normalized spacial score (nSPS) is 24.5. The quantitative estimate of drug-likeness (QED) is 0.831. The topological polar surface area (TPSA) is 45.5 Å². The molecule has 0 radical (unpaired) electrons. The maximum absolute atomic E-state index is 11.7. The molecule has 1 aromatic rings. The Morgan fingerprint density at radius 2 is 2.11 bits per heavy atom. The number of hydrogen-bond acceptors (Lipinski definition) is 3. The van der Waals surface area contributed by atoms with Gasteiger partial charge in [-0.05, 0) is 18.8 Å². The van der Waals surface area contributed by atoms with Gasteiger partial charge < -0.3 is 14.6 Å². The summed E-state index contributed by atoms with van der Waals surface area (Å²) in [4.78, 5) is 13.6. The van der Waals surface area contributed by atoms with Crippen molar-refractivity contribution >= 4 is 17.3 Å². The average Bonchev–Trinajstić information content (AvgIpc) is 2.86. The van der Waals surface area contributed by atoms with Crippen molar-refractivity contribution in [2.75, 3.05) is 16.8 Å². The highest BCUT2D eigenvalue weighted by Crippen LogP contribution is 2.37. The maximum Gasteiger partial charge on any atom is 0.224 e. The molecule has 3 rings (SSSR count). The van der Waals surface area contributed by atoms with E-state index in [0.29, 0.717) is 12.0 Å². The fourth-order valence-electron chi connectivity index (χ4n) is 3.25. The van der Waals surface area contributed by atoms with Crippen molar-refractivity contribution in [2.45, 2.75) is 45.1 Å². The first kappa shape index (κ1) is 11.6. The summed E-state index contributed by atoms with van der Waals surface area (Å²) in [7, 11) is 0. The summed E-state index contributed by atoms with van der Waals surface area (Å²) < 4.78 is 5.23. The van der Waals surface area contributed by atoms with E-state index >= 15 is 0 Å². The number of nitrogens with zero attached hydrogens (tertiary/aromatic N) is 1. The zero-order valence-corrected chi connectivity index (χ0v) is 10.8. The van der Waals surface area contributed by atoms with Crippen LogP contribution in [0.2, 0.25) is 0 Å². The van der Waals surface area contributed by atoms with Gasteiger partial charge in [0.25, 0.3) is 0 Å². The summed E-state index contributed by atoms with van der Waals surface area (Å²) >= 11 is 0. The van der Waals surface area contributed by atoms with Crippen LogP contribution < -0.4 is 10.2 Å². The van der Waals surface area contributed by atoms with Gasteiger partial charge in [-0.15, -0.1) is 0 Å². The van der Waals surface area contributed by atoms with Crippen LogP contribution in [-0.4, -0.2) is 18.5 Å². The second-order valence-electron chi connectivity index (χ2n) is 5.45. The first-order valence-corrected chi connectivity index (χ1v) is 6.86. The van der Waals surface area contributed by atoms with E-state index < -0.39 is 0 Å². The molecule has 0 spiro atoms. The van der Waals surface area contributed by atoms with Gasteiger partial charge in [-0.3, -0.25) is 4.79 Å². The largest absolute Gasteiger partial charge is 0.468 e. The van der Waals surface area contributed by atoms with Gasteiger partial charge in [0.1, 0.15) is 18.2 Å². The minimum absolute atomic E-state index is 0.0972. The number of carbonyl (C=O) groups excluding carboxylic acids is 1. The molecule has 1 atom stereocenters. The number of furan rings is 1. The fourth-order valence-corrected chi connectivity index (χ4v) is 3.25. The Labute approximate surface area is 107 Å². The Morgan fingerprint density at radius 3 is 2.83 bits per heavy atom. The summed E-state index contributed by atoms with van der Waals surface area (Å²) in [5, 5.41) is 3.54. The number of hydrogen-bond donors (Lipinski definition) is 1. The molecule has 2 aliphatic rings. The van der Waals surface area contributed by atoms with E-state index in [1.54, 1.807) is 19.5 Å². The smallest absolute Gasteiger partial charge is 0.224 e. The Morgan fingerprint density at radius 1 is 1.33 bits per heavy atom. The second kappa shape index (κ2) is 4.67. The van der Waals surface area contributed by atoms with Crippen molar-refractivity contribution in [3.63, 3.8) is 0 Å². The molecule has 4 heteroatoms. The molecule has 4 nitrogen and oxygen atoms in total. The monoisotopic (exact) mass is 248 g/mol. The van der Waals surface area contributed by atoms with Crippen molar-refractivity contribution in [3.8, 4) is 0 Å². The fraction of sp³-hybridized carbons (Fsp3) is 0.643. The Balaban J connectivity index is 1.81. The number of amides is 1. The van der Waals surface area contributed by atoms with E-state index in [0.717, 1.165) is 17.9 Å². The van der Waals surface area contributed by atoms with Crippen LogP contribution in [0, 0.1) is 5.92 Å². The zero-order chi connectivity index (χ0) is 12.5. The number of nitrogens with one attached hydrogen (secondary N) is 1. The molecule has 1 aliphatic carbocycles. The van der Waals surface area contributed by atoms with Crippen molar-refractivity contribution in [1.29, 1.82) is 0 Å². The lowest BCUT2D eigenvalue weighted by molar-refractivity contribution is -0.116. The standard InChI is InChI=1S/C14H20N2O2/c1-10(17)16-7-12(11-5-3-2-4-6-11)15-13-8-18-9-14(13)16/h8-9,11-12,15H,2-7H2,1H3. The molecule has 1 saturated carbocycles. The lowest BCUT2D eigenvalue weighted by atomic mass is 9.83. The molecule has 18 heavy (non-hydrogen) atoms. The first-order chi connectivity index (χ1) is 8.75. The third-order valence-corrected chi connectivity index (χ3v) is 4.25. The van der Waals surface area contributed by atoms with Crippen LogP contribution in [-0.2, 0) is 4.79 Å². The van der Waals surface area contributed by atoms with E-state index in [2.05, 4.69) is 5.32 Å². The van der Waals surface area contributed by atoms with Crippen LogP contribution in [0.25, 0.3) is 0 Å². The molecule has 1 fully saturated rings. The lowest BCUT2D eigenvalue weighted by Gasteiger charge is -2.38. The third kappa shape index (κ3) is 2.00. The molecular formula is C14H20N2O2. The molecule has 1 aliphatic heterocycles. The number of fused-ring (bicyclic) bond motifs is 1. The highest BCUT2D eigenvalue weighted by Gasteiger charge is 2.32. The maximum atomic E-state index is 11.7. The highest BCUT2D eigenvalue weighted by atomic mass is 16.3. The van der Waals surface area contributed by atoms with E-state index in [9.17, 15) is 4.79 Å². The predicted molar refractivity (Wildman–Crippen MR) is 70.7 cm³/mol.